The molecule has 0 aliphatic rings. The van der Waals surface area contributed by atoms with Crippen LogP contribution >= 0.6 is 0 Å². The van der Waals surface area contributed by atoms with Gasteiger partial charge < -0.3 is 39.4 Å². The van der Waals surface area contributed by atoms with Crippen molar-refractivity contribution < 1.29 is 38.1 Å². The van der Waals surface area contributed by atoms with E-state index in [1.807, 2.05) is 34.9 Å². The van der Waals surface area contributed by atoms with Crippen LogP contribution in [0.4, 0.5) is 9.59 Å². The summed E-state index contributed by atoms with van der Waals surface area (Å²) in [6, 6.07) is 0. The van der Waals surface area contributed by atoms with Gasteiger partial charge in [0.1, 0.15) is 18.8 Å². The molecule has 12 nitrogen and oxygen atoms in total. The summed E-state index contributed by atoms with van der Waals surface area (Å²) in [5.41, 5.74) is 0. The van der Waals surface area contributed by atoms with E-state index >= 15 is 0 Å². The lowest BCUT2D eigenvalue weighted by Crippen LogP contribution is -2.32. The molecule has 2 N–H and O–H groups in total. The number of nitrogens with zero attached hydrogens (tertiary/aromatic N) is 2. The van der Waals surface area contributed by atoms with E-state index in [4.69, 9.17) is 18.9 Å². The summed E-state index contributed by atoms with van der Waals surface area (Å²) >= 11 is 0. The number of hydrogen-bond acceptors (Lipinski definition) is 10. The van der Waals surface area contributed by atoms with Crippen molar-refractivity contribution in [3.05, 3.63) is 0 Å². The van der Waals surface area contributed by atoms with E-state index in [9.17, 15) is 19.2 Å². The molecule has 2 unspecified atom stereocenters. The highest BCUT2D eigenvalue weighted by molar-refractivity contribution is 5.70. The predicted octanol–water partition coefficient (Wildman–Crippen LogP) is 4.50. The van der Waals surface area contributed by atoms with Crippen molar-refractivity contribution in [2.75, 3.05) is 66.6 Å². The van der Waals surface area contributed by atoms with Crippen molar-refractivity contribution in [3.8, 4) is 0 Å². The van der Waals surface area contributed by atoms with Gasteiger partial charge in [0.2, 0.25) is 0 Å². The SMILES string of the molecule is CCCC(CC)OC(=O)NCCCCOC(=O)CCN(C)CCCN(C)CCC(=O)OCCNC(=O)OC(CC)CCC. The van der Waals surface area contributed by atoms with Crippen molar-refractivity contribution in [2.45, 2.75) is 111 Å². The zero-order chi connectivity index (χ0) is 32.3. The van der Waals surface area contributed by atoms with Crippen molar-refractivity contribution >= 4 is 24.1 Å². The molecular weight excluding hydrogens is 556 g/mol. The van der Waals surface area contributed by atoms with Gasteiger partial charge in [0.25, 0.3) is 0 Å². The molecule has 2 atom stereocenters. The van der Waals surface area contributed by atoms with Crippen LogP contribution in [0.3, 0.4) is 0 Å². The second-order valence-electron chi connectivity index (χ2n) is 10.9. The second-order valence-corrected chi connectivity index (χ2v) is 10.9. The first-order chi connectivity index (χ1) is 20.6. The van der Waals surface area contributed by atoms with Crippen LogP contribution in [-0.2, 0) is 28.5 Å². The Kier molecular flexibility index (Phi) is 25.4. The largest absolute Gasteiger partial charge is 0.466 e. The first-order valence-electron chi connectivity index (χ1n) is 16.2. The highest BCUT2D eigenvalue weighted by Gasteiger charge is 2.13. The van der Waals surface area contributed by atoms with Crippen LogP contribution in [-0.4, -0.2) is 113 Å². The Morgan fingerprint density at radius 1 is 0.605 bits per heavy atom. The number of alkyl carbamates (subject to hydrolysis) is 2. The molecule has 0 aliphatic carbocycles. The zero-order valence-corrected chi connectivity index (χ0v) is 27.8. The highest BCUT2D eigenvalue weighted by atomic mass is 16.6. The van der Waals surface area contributed by atoms with Gasteiger partial charge in [-0.2, -0.15) is 0 Å². The summed E-state index contributed by atoms with van der Waals surface area (Å²) in [5.74, 6) is -0.532. The van der Waals surface area contributed by atoms with Gasteiger partial charge in [0, 0.05) is 19.6 Å². The summed E-state index contributed by atoms with van der Waals surface area (Å²) in [6.45, 7) is 12.1. The van der Waals surface area contributed by atoms with Crippen molar-refractivity contribution in [2.24, 2.45) is 0 Å². The molecule has 0 aromatic heterocycles. The summed E-state index contributed by atoms with van der Waals surface area (Å²) in [7, 11) is 3.92. The number of rotatable bonds is 26. The Balaban J connectivity index is 3.77. The van der Waals surface area contributed by atoms with E-state index in [0.717, 1.165) is 58.0 Å². The highest BCUT2D eigenvalue weighted by Crippen LogP contribution is 2.07. The Labute approximate surface area is 259 Å². The quantitative estimate of drug-likeness (QED) is 0.0812. The summed E-state index contributed by atoms with van der Waals surface area (Å²) < 4.78 is 21.2. The molecule has 0 bridgehead atoms. The first kappa shape index (κ1) is 40.4. The minimum Gasteiger partial charge on any atom is -0.466 e. The fourth-order valence-corrected chi connectivity index (χ4v) is 4.19. The second kappa shape index (κ2) is 27.0. The maximum atomic E-state index is 12.0. The molecule has 0 radical (unpaired) electrons. The maximum absolute atomic E-state index is 12.0. The van der Waals surface area contributed by atoms with E-state index < -0.39 is 6.09 Å². The number of nitrogens with one attached hydrogen (secondary N) is 2. The molecule has 12 heteroatoms. The third kappa shape index (κ3) is 24.5. The molecule has 252 valence electrons. The topological polar surface area (TPSA) is 136 Å². The van der Waals surface area contributed by atoms with Gasteiger partial charge in [0.15, 0.2) is 0 Å². The summed E-state index contributed by atoms with van der Waals surface area (Å²) in [5, 5.41) is 5.36. The van der Waals surface area contributed by atoms with Gasteiger partial charge in [-0.3, -0.25) is 9.59 Å². The Hall–Kier alpha value is -2.60. The lowest BCUT2D eigenvalue weighted by atomic mass is 10.2. The third-order valence-electron chi connectivity index (χ3n) is 6.89. The van der Waals surface area contributed by atoms with Crippen LogP contribution in [0.25, 0.3) is 0 Å². The minimum absolute atomic E-state index is 0.0373. The summed E-state index contributed by atoms with van der Waals surface area (Å²) in [6.07, 6.45) is 7.10. The molecule has 0 saturated carbocycles. The first-order valence-corrected chi connectivity index (χ1v) is 16.2. The Morgan fingerprint density at radius 2 is 1.07 bits per heavy atom. The standard InChI is InChI=1S/C31H60N4O8/c1-7-14-26(9-3)42-30(38)32-18-11-12-24-40-28(36)16-22-34(5)20-13-21-35(6)23-17-29(37)41-25-19-33-31(39)43-27(10-4)15-8-2/h26-27H,7-25H2,1-6H3,(H,32,38)(H,33,39). The molecule has 0 heterocycles. The Bertz CT molecular complexity index is 755. The van der Waals surface area contributed by atoms with Crippen LogP contribution in [0, 0.1) is 0 Å². The van der Waals surface area contributed by atoms with Crippen LogP contribution in [0.5, 0.6) is 0 Å². The molecule has 43 heavy (non-hydrogen) atoms. The van der Waals surface area contributed by atoms with Gasteiger partial charge >= 0.3 is 24.1 Å². The van der Waals surface area contributed by atoms with E-state index in [0.29, 0.717) is 45.5 Å². The number of ether oxygens (including phenoxy) is 4. The van der Waals surface area contributed by atoms with Crippen LogP contribution in [0.15, 0.2) is 0 Å². The fourth-order valence-electron chi connectivity index (χ4n) is 4.19. The van der Waals surface area contributed by atoms with Crippen LogP contribution in [0.1, 0.15) is 98.3 Å². The zero-order valence-electron chi connectivity index (χ0n) is 27.8. The monoisotopic (exact) mass is 616 g/mol. The van der Waals surface area contributed by atoms with E-state index in [-0.39, 0.29) is 49.8 Å². The molecule has 0 spiro atoms. The molecule has 2 amide bonds. The fraction of sp³-hybridized carbons (Fsp3) is 0.871. The minimum atomic E-state index is -0.481. The summed E-state index contributed by atoms with van der Waals surface area (Å²) in [4.78, 5) is 51.7. The maximum Gasteiger partial charge on any atom is 0.407 e. The lowest BCUT2D eigenvalue weighted by Gasteiger charge is -2.20. The van der Waals surface area contributed by atoms with Crippen molar-refractivity contribution in [3.63, 3.8) is 0 Å². The molecule has 0 aromatic carbocycles. The van der Waals surface area contributed by atoms with Crippen LogP contribution in [0.2, 0.25) is 0 Å². The number of esters is 2. The third-order valence-corrected chi connectivity index (χ3v) is 6.89. The number of carbonyl (C=O) groups is 4. The average molecular weight is 617 g/mol. The van der Waals surface area contributed by atoms with E-state index in [1.165, 1.54) is 0 Å². The van der Waals surface area contributed by atoms with E-state index in [2.05, 4.69) is 27.4 Å². The number of hydrogen-bond donors (Lipinski definition) is 2. The Morgan fingerprint density at radius 3 is 1.53 bits per heavy atom. The van der Waals surface area contributed by atoms with Crippen molar-refractivity contribution in [1.29, 1.82) is 0 Å². The van der Waals surface area contributed by atoms with Crippen LogP contribution < -0.4 is 10.6 Å². The lowest BCUT2D eigenvalue weighted by molar-refractivity contribution is -0.144. The molecular formula is C31H60N4O8. The molecule has 0 saturated heterocycles. The van der Waals surface area contributed by atoms with Gasteiger partial charge in [-0.1, -0.05) is 40.5 Å². The number of unbranched alkanes of at least 4 members (excludes halogenated alkanes) is 1. The van der Waals surface area contributed by atoms with Gasteiger partial charge in [-0.05, 0) is 72.1 Å². The van der Waals surface area contributed by atoms with Gasteiger partial charge in [-0.15, -0.1) is 0 Å². The molecule has 0 fully saturated rings. The van der Waals surface area contributed by atoms with Crippen molar-refractivity contribution in [1.82, 2.24) is 20.4 Å². The number of amides is 2. The number of carbonyl (C=O) groups excluding carboxylic acids is 4. The van der Waals surface area contributed by atoms with Gasteiger partial charge in [-0.25, -0.2) is 9.59 Å². The average Bonchev–Trinajstić information content (AvgIpc) is 2.98. The molecule has 0 aromatic rings. The molecule has 0 aliphatic heterocycles. The smallest absolute Gasteiger partial charge is 0.407 e. The molecule has 0 rings (SSSR count). The normalized spacial score (nSPS) is 12.5. The predicted molar refractivity (Wildman–Crippen MR) is 167 cm³/mol. The van der Waals surface area contributed by atoms with Gasteiger partial charge in [0.05, 0.1) is 26.0 Å². The van der Waals surface area contributed by atoms with E-state index in [1.54, 1.807) is 0 Å².